The number of ether oxygens (including phenoxy) is 1. The Balaban J connectivity index is 0.00000363. The number of guanidine groups is 1. The van der Waals surface area contributed by atoms with Gasteiger partial charge in [-0.15, -0.1) is 24.0 Å². The third kappa shape index (κ3) is 7.07. The van der Waals surface area contributed by atoms with Gasteiger partial charge in [0.2, 0.25) is 5.88 Å². The second kappa shape index (κ2) is 12.0. The van der Waals surface area contributed by atoms with Crippen molar-refractivity contribution in [2.24, 2.45) is 4.99 Å². The van der Waals surface area contributed by atoms with E-state index >= 15 is 0 Å². The van der Waals surface area contributed by atoms with Crippen LogP contribution in [-0.4, -0.2) is 54.8 Å². The zero-order chi connectivity index (χ0) is 22.3. The first-order chi connectivity index (χ1) is 14.9. The van der Waals surface area contributed by atoms with Gasteiger partial charge in [-0.1, -0.05) is 0 Å². The molecule has 1 unspecified atom stereocenters. The molecule has 2 aromatic rings. The van der Waals surface area contributed by atoms with Crippen LogP contribution in [0.5, 0.6) is 5.88 Å². The SMILES string of the molecule is CCNC(=NCCOc1ncccc1C(F)(F)F)NC1CCN(c2ncccc2F)C1.I. The highest BCUT2D eigenvalue weighted by Crippen LogP contribution is 2.34. The van der Waals surface area contributed by atoms with Crippen molar-refractivity contribution in [3.63, 3.8) is 0 Å². The molecule has 1 aliphatic heterocycles. The van der Waals surface area contributed by atoms with Crippen LogP contribution in [0.1, 0.15) is 18.9 Å². The topological polar surface area (TPSA) is 74.7 Å². The molecule has 176 valence electrons. The maximum Gasteiger partial charge on any atom is 0.421 e. The van der Waals surface area contributed by atoms with Crippen molar-refractivity contribution in [3.05, 3.63) is 48.0 Å². The third-order valence-corrected chi connectivity index (χ3v) is 4.59. The second-order valence-corrected chi connectivity index (χ2v) is 6.85. The zero-order valence-corrected chi connectivity index (χ0v) is 19.7. The van der Waals surface area contributed by atoms with Crippen LogP contribution in [0.25, 0.3) is 0 Å². The highest BCUT2D eigenvalue weighted by atomic mass is 127. The number of hydrogen-bond acceptors (Lipinski definition) is 5. The molecule has 12 heteroatoms. The predicted molar refractivity (Wildman–Crippen MR) is 124 cm³/mol. The molecule has 0 spiro atoms. The molecule has 0 amide bonds. The van der Waals surface area contributed by atoms with E-state index in [-0.39, 0.29) is 49.0 Å². The number of rotatable bonds is 7. The summed E-state index contributed by atoms with van der Waals surface area (Å²) in [5, 5.41) is 6.36. The Morgan fingerprint density at radius 1 is 1.25 bits per heavy atom. The number of anilines is 1. The van der Waals surface area contributed by atoms with E-state index in [9.17, 15) is 17.6 Å². The molecule has 2 N–H and O–H groups in total. The van der Waals surface area contributed by atoms with Crippen LogP contribution in [0.15, 0.2) is 41.7 Å². The van der Waals surface area contributed by atoms with Crippen LogP contribution < -0.4 is 20.3 Å². The summed E-state index contributed by atoms with van der Waals surface area (Å²) in [4.78, 5) is 14.0. The number of nitrogens with one attached hydrogen (secondary N) is 2. The van der Waals surface area contributed by atoms with Crippen molar-refractivity contribution < 1.29 is 22.3 Å². The Hall–Kier alpha value is -2.38. The minimum Gasteiger partial charge on any atom is -0.475 e. The molecular formula is C20H25F4IN6O. The lowest BCUT2D eigenvalue weighted by Gasteiger charge is -2.20. The highest BCUT2D eigenvalue weighted by Gasteiger charge is 2.35. The molecule has 0 bridgehead atoms. The summed E-state index contributed by atoms with van der Waals surface area (Å²) in [6, 6.07) is 5.08. The van der Waals surface area contributed by atoms with E-state index in [1.807, 2.05) is 11.8 Å². The van der Waals surface area contributed by atoms with Gasteiger partial charge in [-0.2, -0.15) is 13.2 Å². The monoisotopic (exact) mass is 568 g/mol. The first-order valence-corrected chi connectivity index (χ1v) is 9.93. The Morgan fingerprint density at radius 3 is 2.72 bits per heavy atom. The molecule has 1 aliphatic rings. The molecule has 0 aromatic carbocycles. The van der Waals surface area contributed by atoms with Crippen LogP contribution in [0, 0.1) is 5.82 Å². The summed E-state index contributed by atoms with van der Waals surface area (Å²) in [6.45, 7) is 3.78. The van der Waals surface area contributed by atoms with Gasteiger partial charge in [0.15, 0.2) is 17.6 Å². The number of nitrogens with zero attached hydrogens (tertiary/aromatic N) is 4. The molecule has 0 aliphatic carbocycles. The fourth-order valence-corrected chi connectivity index (χ4v) is 3.22. The van der Waals surface area contributed by atoms with E-state index < -0.39 is 17.6 Å². The van der Waals surface area contributed by atoms with Gasteiger partial charge < -0.3 is 20.3 Å². The average molecular weight is 568 g/mol. The number of hydrogen-bond donors (Lipinski definition) is 2. The molecular weight excluding hydrogens is 543 g/mol. The normalized spacial score (nSPS) is 16.5. The molecule has 3 rings (SSSR count). The lowest BCUT2D eigenvalue weighted by Crippen LogP contribution is -2.45. The van der Waals surface area contributed by atoms with Crippen LogP contribution in [0.2, 0.25) is 0 Å². The summed E-state index contributed by atoms with van der Waals surface area (Å²) in [7, 11) is 0. The minimum absolute atomic E-state index is 0. The lowest BCUT2D eigenvalue weighted by molar-refractivity contribution is -0.139. The fraction of sp³-hybridized carbons (Fsp3) is 0.450. The maximum atomic E-state index is 13.9. The van der Waals surface area contributed by atoms with Gasteiger partial charge in [0.05, 0.1) is 6.54 Å². The first-order valence-electron chi connectivity index (χ1n) is 9.93. The predicted octanol–water partition coefficient (Wildman–Crippen LogP) is 3.47. The maximum absolute atomic E-state index is 13.9. The van der Waals surface area contributed by atoms with Gasteiger partial charge in [0.25, 0.3) is 0 Å². The quantitative estimate of drug-likeness (QED) is 0.175. The van der Waals surface area contributed by atoms with E-state index in [0.717, 1.165) is 12.5 Å². The van der Waals surface area contributed by atoms with Crippen molar-refractivity contribution >= 4 is 35.8 Å². The number of aromatic nitrogens is 2. The molecule has 32 heavy (non-hydrogen) atoms. The Bertz CT molecular complexity index is 898. The highest BCUT2D eigenvalue weighted by molar-refractivity contribution is 14.0. The van der Waals surface area contributed by atoms with E-state index in [1.54, 1.807) is 12.3 Å². The van der Waals surface area contributed by atoms with Crippen molar-refractivity contribution in [1.82, 2.24) is 20.6 Å². The third-order valence-electron chi connectivity index (χ3n) is 4.59. The van der Waals surface area contributed by atoms with Gasteiger partial charge >= 0.3 is 6.18 Å². The van der Waals surface area contributed by atoms with Crippen LogP contribution in [0.3, 0.4) is 0 Å². The summed E-state index contributed by atoms with van der Waals surface area (Å²) in [5.74, 6) is -0.00456. The molecule has 3 heterocycles. The van der Waals surface area contributed by atoms with Crippen molar-refractivity contribution in [3.8, 4) is 5.88 Å². The largest absolute Gasteiger partial charge is 0.475 e. The summed E-state index contributed by atoms with van der Waals surface area (Å²) >= 11 is 0. The van der Waals surface area contributed by atoms with E-state index in [2.05, 4.69) is 25.6 Å². The van der Waals surface area contributed by atoms with Crippen molar-refractivity contribution in [2.75, 3.05) is 37.7 Å². The van der Waals surface area contributed by atoms with Gasteiger partial charge in [0.1, 0.15) is 12.2 Å². The van der Waals surface area contributed by atoms with Crippen LogP contribution >= 0.6 is 24.0 Å². The summed E-state index contributed by atoms with van der Waals surface area (Å²) < 4.78 is 58.1. The van der Waals surface area contributed by atoms with Crippen molar-refractivity contribution in [1.29, 1.82) is 0 Å². The minimum atomic E-state index is -4.54. The smallest absolute Gasteiger partial charge is 0.421 e. The summed E-state index contributed by atoms with van der Waals surface area (Å²) in [5.41, 5.74) is -0.920. The molecule has 1 atom stereocenters. The van der Waals surface area contributed by atoms with E-state index in [0.29, 0.717) is 31.4 Å². The standard InChI is InChI=1S/C20H24F4N6O.HI/c1-2-25-19(28-10-12-31-18-15(20(22,23)24)5-3-9-27-18)29-14-7-11-30(13-14)17-16(21)6-4-8-26-17;/h3-6,8-9,14H,2,7,10-13H2,1H3,(H2,25,28,29);1H. The van der Waals surface area contributed by atoms with Gasteiger partial charge in [-0.25, -0.2) is 19.4 Å². The van der Waals surface area contributed by atoms with Gasteiger partial charge in [0, 0.05) is 38.1 Å². The molecule has 1 fully saturated rings. The van der Waals surface area contributed by atoms with Crippen LogP contribution in [-0.2, 0) is 6.18 Å². The Labute approximate surface area is 200 Å². The lowest BCUT2D eigenvalue weighted by atomic mass is 10.2. The average Bonchev–Trinajstić information content (AvgIpc) is 3.19. The van der Waals surface area contributed by atoms with Crippen LogP contribution in [0.4, 0.5) is 23.4 Å². The summed E-state index contributed by atoms with van der Waals surface area (Å²) in [6.07, 6.45) is -0.975. The van der Waals surface area contributed by atoms with Crippen molar-refractivity contribution in [2.45, 2.75) is 25.6 Å². The van der Waals surface area contributed by atoms with E-state index in [4.69, 9.17) is 4.74 Å². The zero-order valence-electron chi connectivity index (χ0n) is 17.4. The molecule has 2 aromatic heterocycles. The van der Waals surface area contributed by atoms with Gasteiger partial charge in [-0.3, -0.25) is 0 Å². The Kier molecular flexibility index (Phi) is 9.72. The second-order valence-electron chi connectivity index (χ2n) is 6.85. The molecule has 1 saturated heterocycles. The first kappa shape index (κ1) is 25.9. The fourth-order valence-electron chi connectivity index (χ4n) is 3.22. The molecule has 7 nitrogen and oxygen atoms in total. The molecule has 0 radical (unpaired) electrons. The Morgan fingerprint density at radius 2 is 2.00 bits per heavy atom. The number of halogens is 5. The number of aliphatic imine (C=N–C) groups is 1. The van der Waals surface area contributed by atoms with E-state index in [1.165, 1.54) is 18.3 Å². The number of alkyl halides is 3. The van der Waals surface area contributed by atoms with Gasteiger partial charge in [-0.05, 0) is 37.6 Å². The number of pyridine rings is 2. The molecule has 0 saturated carbocycles.